The fraction of sp³-hybridized carbons (Fsp3) is 0.579. The summed E-state index contributed by atoms with van der Waals surface area (Å²) in [6.07, 6.45) is 2.32. The third kappa shape index (κ3) is 4.52. The summed E-state index contributed by atoms with van der Waals surface area (Å²) in [6.45, 7) is 4.41. The van der Waals surface area contributed by atoms with Gasteiger partial charge in [-0.1, -0.05) is 6.07 Å². The van der Waals surface area contributed by atoms with Gasteiger partial charge in [0.25, 0.3) is 0 Å². The van der Waals surface area contributed by atoms with Crippen LogP contribution >= 0.6 is 0 Å². The Bertz CT molecular complexity index is 670. The number of methoxy groups -OCH3 is 1. The summed E-state index contributed by atoms with van der Waals surface area (Å²) < 4.78 is 18.7. The molecule has 1 aliphatic carbocycles. The third-order valence-electron chi connectivity index (χ3n) is 5.09. The zero-order valence-corrected chi connectivity index (χ0v) is 15.3. The highest BCUT2D eigenvalue weighted by Gasteiger charge is 2.30. The van der Waals surface area contributed by atoms with E-state index in [0.29, 0.717) is 37.8 Å². The van der Waals surface area contributed by atoms with Gasteiger partial charge in [0, 0.05) is 32.2 Å². The van der Waals surface area contributed by atoms with Crippen LogP contribution in [0.5, 0.6) is 5.75 Å². The van der Waals surface area contributed by atoms with Crippen molar-refractivity contribution in [3.05, 3.63) is 29.6 Å². The van der Waals surface area contributed by atoms with Crippen molar-refractivity contribution in [2.24, 2.45) is 0 Å². The van der Waals surface area contributed by atoms with Gasteiger partial charge in [-0.15, -0.1) is 0 Å². The predicted molar refractivity (Wildman–Crippen MR) is 95.4 cm³/mol. The van der Waals surface area contributed by atoms with Crippen LogP contribution in [0.3, 0.4) is 0 Å². The normalized spacial score (nSPS) is 19.1. The van der Waals surface area contributed by atoms with E-state index in [9.17, 15) is 14.0 Å². The molecule has 1 aromatic carbocycles. The number of carbonyl (C=O) groups excluding carboxylic acids is 2. The lowest BCUT2D eigenvalue weighted by atomic mass is 10.1. The fourth-order valence-corrected chi connectivity index (χ4v) is 3.18. The number of halogens is 1. The summed E-state index contributed by atoms with van der Waals surface area (Å²) in [5, 5.41) is 3.03. The summed E-state index contributed by atoms with van der Waals surface area (Å²) in [7, 11) is 1.41. The molecule has 0 bridgehead atoms. The second-order valence-corrected chi connectivity index (χ2v) is 7.02. The molecule has 2 fully saturated rings. The van der Waals surface area contributed by atoms with E-state index >= 15 is 0 Å². The Balaban J connectivity index is 1.48. The van der Waals surface area contributed by atoms with Crippen LogP contribution < -0.4 is 10.1 Å². The van der Waals surface area contributed by atoms with E-state index < -0.39 is 5.82 Å². The van der Waals surface area contributed by atoms with Crippen LogP contribution in [0.25, 0.3) is 0 Å². The summed E-state index contributed by atoms with van der Waals surface area (Å²) in [4.78, 5) is 28.5. The quantitative estimate of drug-likeness (QED) is 0.825. The van der Waals surface area contributed by atoms with E-state index in [1.807, 2.05) is 6.92 Å². The average molecular weight is 363 g/mol. The summed E-state index contributed by atoms with van der Waals surface area (Å²) in [6, 6.07) is 4.77. The molecule has 2 aliphatic rings. The van der Waals surface area contributed by atoms with Gasteiger partial charge in [-0.05, 0) is 37.5 Å². The molecular formula is C19H26FN3O3. The van der Waals surface area contributed by atoms with Gasteiger partial charge in [0.1, 0.15) is 0 Å². The summed E-state index contributed by atoms with van der Waals surface area (Å²) in [5.74, 6) is -0.239. The second kappa shape index (κ2) is 8.03. The largest absolute Gasteiger partial charge is 0.494 e. The molecule has 142 valence electrons. The molecule has 6 nitrogen and oxygen atoms in total. The average Bonchev–Trinajstić information content (AvgIpc) is 3.45. The molecule has 26 heavy (non-hydrogen) atoms. The van der Waals surface area contributed by atoms with Crippen molar-refractivity contribution in [3.63, 3.8) is 0 Å². The number of benzene rings is 1. The molecule has 1 atom stereocenters. The molecule has 1 heterocycles. The Hall–Kier alpha value is -2.15. The van der Waals surface area contributed by atoms with Gasteiger partial charge >= 0.3 is 0 Å². The lowest BCUT2D eigenvalue weighted by Crippen LogP contribution is -2.55. The van der Waals surface area contributed by atoms with Crippen LogP contribution in [-0.2, 0) is 16.0 Å². The van der Waals surface area contributed by atoms with Crippen LogP contribution in [0.4, 0.5) is 4.39 Å². The lowest BCUT2D eigenvalue weighted by molar-refractivity contribution is -0.133. The second-order valence-electron chi connectivity index (χ2n) is 7.02. The molecular weight excluding hydrogens is 337 g/mol. The van der Waals surface area contributed by atoms with E-state index in [1.54, 1.807) is 11.0 Å². The number of amides is 2. The first-order valence-corrected chi connectivity index (χ1v) is 9.12. The Labute approximate surface area is 153 Å². The maximum Gasteiger partial charge on any atom is 0.237 e. The van der Waals surface area contributed by atoms with E-state index in [2.05, 4.69) is 10.2 Å². The smallest absolute Gasteiger partial charge is 0.237 e. The molecule has 0 aromatic heterocycles. The van der Waals surface area contributed by atoms with Crippen molar-refractivity contribution < 1.29 is 18.7 Å². The molecule has 0 spiro atoms. The molecule has 1 aromatic rings. The highest BCUT2D eigenvalue weighted by Crippen LogP contribution is 2.20. The van der Waals surface area contributed by atoms with Crippen LogP contribution in [0.15, 0.2) is 18.2 Å². The third-order valence-corrected chi connectivity index (χ3v) is 5.09. The van der Waals surface area contributed by atoms with E-state index in [4.69, 9.17) is 4.74 Å². The van der Waals surface area contributed by atoms with E-state index in [0.717, 1.165) is 12.8 Å². The number of carbonyl (C=O) groups is 2. The van der Waals surface area contributed by atoms with Gasteiger partial charge in [0.2, 0.25) is 11.8 Å². The number of nitrogens with one attached hydrogen (secondary N) is 1. The number of nitrogens with zero attached hydrogens (tertiary/aromatic N) is 2. The lowest BCUT2D eigenvalue weighted by Gasteiger charge is -2.37. The number of piperazine rings is 1. The topological polar surface area (TPSA) is 61.9 Å². The minimum Gasteiger partial charge on any atom is -0.494 e. The Kier molecular flexibility index (Phi) is 5.76. The first kappa shape index (κ1) is 18.6. The molecule has 2 amide bonds. The summed E-state index contributed by atoms with van der Waals surface area (Å²) >= 11 is 0. The Morgan fingerprint density at radius 3 is 2.54 bits per heavy atom. The van der Waals surface area contributed by atoms with Crippen molar-refractivity contribution in [3.8, 4) is 5.75 Å². The van der Waals surface area contributed by atoms with Crippen LogP contribution in [-0.4, -0.2) is 67.0 Å². The molecule has 1 saturated carbocycles. The highest BCUT2D eigenvalue weighted by molar-refractivity contribution is 5.82. The minimum absolute atomic E-state index is 0.0238. The van der Waals surface area contributed by atoms with Crippen molar-refractivity contribution in [1.29, 1.82) is 0 Å². The fourth-order valence-electron chi connectivity index (χ4n) is 3.18. The monoisotopic (exact) mass is 363 g/mol. The SMILES string of the molecule is COc1ccc(CC(=O)N2CCN(C(C)C(=O)NC3CC3)CC2)cc1F. The molecule has 7 heteroatoms. The first-order chi connectivity index (χ1) is 12.5. The maximum absolute atomic E-state index is 13.8. The zero-order chi connectivity index (χ0) is 18.7. The molecule has 1 unspecified atom stereocenters. The van der Waals surface area contributed by atoms with Crippen molar-refractivity contribution in [2.75, 3.05) is 33.3 Å². The van der Waals surface area contributed by atoms with Gasteiger partial charge in [0.05, 0.1) is 19.6 Å². The van der Waals surface area contributed by atoms with Crippen molar-refractivity contribution >= 4 is 11.8 Å². The van der Waals surface area contributed by atoms with Gasteiger partial charge in [-0.3, -0.25) is 14.5 Å². The van der Waals surface area contributed by atoms with Crippen LogP contribution in [0.2, 0.25) is 0 Å². The van der Waals surface area contributed by atoms with E-state index in [1.165, 1.54) is 19.2 Å². The van der Waals surface area contributed by atoms with Gasteiger partial charge < -0.3 is 15.0 Å². The Morgan fingerprint density at radius 2 is 1.96 bits per heavy atom. The summed E-state index contributed by atoms with van der Waals surface area (Å²) in [5.41, 5.74) is 0.632. The van der Waals surface area contributed by atoms with Crippen molar-refractivity contribution in [2.45, 2.75) is 38.3 Å². The predicted octanol–water partition coefficient (Wildman–Crippen LogP) is 1.19. The van der Waals surface area contributed by atoms with Crippen molar-refractivity contribution in [1.82, 2.24) is 15.1 Å². The maximum atomic E-state index is 13.8. The molecule has 0 radical (unpaired) electrons. The van der Waals surface area contributed by atoms with Gasteiger partial charge in [-0.2, -0.15) is 0 Å². The number of hydrogen-bond acceptors (Lipinski definition) is 4. The molecule has 3 rings (SSSR count). The molecule has 1 aliphatic heterocycles. The number of rotatable bonds is 6. The Morgan fingerprint density at radius 1 is 1.27 bits per heavy atom. The zero-order valence-electron chi connectivity index (χ0n) is 15.3. The first-order valence-electron chi connectivity index (χ1n) is 9.12. The van der Waals surface area contributed by atoms with Gasteiger partial charge in [-0.25, -0.2) is 4.39 Å². The molecule has 1 saturated heterocycles. The number of hydrogen-bond donors (Lipinski definition) is 1. The standard InChI is InChI=1S/C19H26FN3O3/c1-13(19(25)21-15-4-5-15)22-7-9-23(10-8-22)18(24)12-14-3-6-17(26-2)16(20)11-14/h3,6,11,13,15H,4-5,7-10,12H2,1-2H3,(H,21,25). The van der Waals surface area contributed by atoms with E-state index in [-0.39, 0.29) is 30.0 Å². The minimum atomic E-state index is -0.460. The van der Waals surface area contributed by atoms with Crippen LogP contribution in [0, 0.1) is 5.82 Å². The van der Waals surface area contributed by atoms with Crippen LogP contribution in [0.1, 0.15) is 25.3 Å². The number of ether oxygens (including phenoxy) is 1. The molecule has 1 N–H and O–H groups in total. The van der Waals surface area contributed by atoms with Gasteiger partial charge in [0.15, 0.2) is 11.6 Å². The highest BCUT2D eigenvalue weighted by atomic mass is 19.1.